The van der Waals surface area contributed by atoms with Crippen molar-refractivity contribution in [2.24, 2.45) is 11.8 Å². The van der Waals surface area contributed by atoms with Gasteiger partial charge in [0, 0.05) is 25.2 Å². The topological polar surface area (TPSA) is 6.48 Å². The van der Waals surface area contributed by atoms with Gasteiger partial charge >= 0.3 is 51.4 Å². The van der Waals surface area contributed by atoms with Crippen LogP contribution < -0.4 is 0 Å². The molecule has 4 rings (SSSR count). The molecule has 4 heterocycles. The fourth-order valence-electron chi connectivity index (χ4n) is 5.25. The van der Waals surface area contributed by atoms with Gasteiger partial charge in [0.2, 0.25) is 0 Å². The van der Waals surface area contributed by atoms with Crippen LogP contribution in [0.4, 0.5) is 0 Å². The van der Waals surface area contributed by atoms with E-state index in [1.165, 1.54) is 64.7 Å². The summed E-state index contributed by atoms with van der Waals surface area (Å²) < 4.78 is 0. The Hall–Kier alpha value is 1.56. The van der Waals surface area contributed by atoms with Gasteiger partial charge in [-0.1, -0.05) is 12.8 Å². The molecule has 0 aliphatic carbocycles. The van der Waals surface area contributed by atoms with Crippen LogP contribution in [-0.2, 0) is 0 Å². The van der Waals surface area contributed by atoms with Crippen LogP contribution in [0.5, 0.6) is 0 Å². The fourth-order valence-corrected chi connectivity index (χ4v) is 5.25. The Morgan fingerprint density at radius 1 is 0.667 bits per heavy atom. The monoisotopic (exact) mass is 274 g/mol. The van der Waals surface area contributed by atoms with Crippen LogP contribution in [0.1, 0.15) is 44.9 Å². The number of fused-ring (bicyclic) bond motifs is 6. The summed E-state index contributed by atoms with van der Waals surface area (Å²) in [4.78, 5) is 5.74. The molecule has 4 fully saturated rings. The summed E-state index contributed by atoms with van der Waals surface area (Å²) in [6.45, 7) is 5.68. The molecule has 0 aromatic carbocycles. The van der Waals surface area contributed by atoms with Crippen molar-refractivity contribution < 1.29 is 0 Å². The van der Waals surface area contributed by atoms with Crippen molar-refractivity contribution >= 4 is 51.4 Å². The zero-order valence-corrected chi connectivity index (χ0v) is 11.0. The van der Waals surface area contributed by atoms with Gasteiger partial charge in [-0.25, -0.2) is 0 Å². The third kappa shape index (κ3) is 2.54. The van der Waals surface area contributed by atoms with Gasteiger partial charge in [0.1, 0.15) is 0 Å². The molecule has 98 valence electrons. The molecule has 4 aliphatic heterocycles. The summed E-state index contributed by atoms with van der Waals surface area (Å²) >= 11 is 0. The van der Waals surface area contributed by atoms with Gasteiger partial charge in [-0.15, -0.1) is 0 Å². The first-order valence-corrected chi connectivity index (χ1v) is 7.90. The molecule has 4 aliphatic rings. The Labute approximate surface area is 154 Å². The Balaban J connectivity index is 0.000001000. The van der Waals surface area contributed by atoms with E-state index in [9.17, 15) is 0 Å². The Bertz CT molecular complexity index is 268. The van der Waals surface area contributed by atoms with Crippen molar-refractivity contribution in [3.8, 4) is 0 Å². The Morgan fingerprint density at radius 2 is 1.17 bits per heavy atom. The number of hydrogen-bond donors (Lipinski definition) is 0. The van der Waals surface area contributed by atoms with E-state index in [1.807, 2.05) is 0 Å². The number of hydrogen-bond acceptors (Lipinski definition) is 2. The third-order valence-corrected chi connectivity index (χ3v) is 5.96. The molecule has 3 heteroatoms. The molecule has 0 spiro atoms. The maximum absolute atomic E-state index is 2.87. The standard InChI is InChI=1S/C15H26N2.K.H/c1-3-7-16-11-13-9-12(14(16)5-1)10-17-8-4-2-6-15(13)17;;/h12-15H,1-11H2;;/t12-,13+,14+,15-;;. The van der Waals surface area contributed by atoms with Crippen LogP contribution >= 0.6 is 0 Å². The van der Waals surface area contributed by atoms with Gasteiger partial charge in [0.15, 0.2) is 0 Å². The molecule has 4 atom stereocenters. The second kappa shape index (κ2) is 6.13. The molecule has 0 aromatic rings. The zero-order valence-electron chi connectivity index (χ0n) is 11.0. The molecule has 2 nitrogen and oxygen atoms in total. The number of rotatable bonds is 0. The van der Waals surface area contributed by atoms with Crippen molar-refractivity contribution in [1.29, 1.82) is 0 Å². The summed E-state index contributed by atoms with van der Waals surface area (Å²) in [6, 6.07) is 1.92. The quantitative estimate of drug-likeness (QED) is 0.620. The van der Waals surface area contributed by atoms with Crippen LogP contribution in [0.2, 0.25) is 0 Å². The summed E-state index contributed by atoms with van der Waals surface area (Å²) in [5.74, 6) is 2.03. The van der Waals surface area contributed by atoms with Crippen LogP contribution in [0, 0.1) is 11.8 Å². The first kappa shape index (κ1) is 14.5. The minimum atomic E-state index is 0. The summed E-state index contributed by atoms with van der Waals surface area (Å²) in [5, 5.41) is 0. The molecular weight excluding hydrogens is 247 g/mol. The SMILES string of the molecule is C1CCN2C[C@H]3C[C@@H](CN4CCCC[C@@H]34)[C@H]2C1.[KH]. The van der Waals surface area contributed by atoms with Crippen molar-refractivity contribution in [1.82, 2.24) is 9.80 Å². The van der Waals surface area contributed by atoms with Gasteiger partial charge in [0.25, 0.3) is 0 Å². The van der Waals surface area contributed by atoms with E-state index < -0.39 is 0 Å². The predicted octanol–water partition coefficient (Wildman–Crippen LogP) is 1.70. The zero-order chi connectivity index (χ0) is 11.2. The van der Waals surface area contributed by atoms with Crippen LogP contribution in [-0.4, -0.2) is 99.4 Å². The Morgan fingerprint density at radius 3 is 1.67 bits per heavy atom. The van der Waals surface area contributed by atoms with E-state index in [1.54, 1.807) is 6.42 Å². The normalized spacial score (nSPS) is 44.7. The number of piperidine rings is 4. The first-order valence-electron chi connectivity index (χ1n) is 7.90. The van der Waals surface area contributed by atoms with Crippen LogP contribution in [0.3, 0.4) is 0 Å². The molecule has 0 radical (unpaired) electrons. The summed E-state index contributed by atoms with van der Waals surface area (Å²) in [5.41, 5.74) is 0. The molecule has 0 N–H and O–H groups in total. The summed E-state index contributed by atoms with van der Waals surface area (Å²) in [7, 11) is 0. The van der Waals surface area contributed by atoms with Crippen molar-refractivity contribution in [3.05, 3.63) is 0 Å². The molecule has 0 aromatic heterocycles. The van der Waals surface area contributed by atoms with E-state index in [2.05, 4.69) is 9.80 Å². The van der Waals surface area contributed by atoms with Gasteiger partial charge in [0.05, 0.1) is 0 Å². The van der Waals surface area contributed by atoms with E-state index in [-0.39, 0.29) is 51.4 Å². The molecule has 0 saturated carbocycles. The average molecular weight is 274 g/mol. The molecule has 4 saturated heterocycles. The maximum atomic E-state index is 2.87. The second-order valence-corrected chi connectivity index (χ2v) is 6.87. The first-order chi connectivity index (χ1) is 8.42. The van der Waals surface area contributed by atoms with E-state index >= 15 is 0 Å². The van der Waals surface area contributed by atoms with Crippen molar-refractivity contribution in [3.63, 3.8) is 0 Å². The second-order valence-electron chi connectivity index (χ2n) is 6.87. The molecule has 0 amide bonds. The van der Waals surface area contributed by atoms with Crippen molar-refractivity contribution in [2.75, 3.05) is 26.2 Å². The summed E-state index contributed by atoms with van der Waals surface area (Å²) in [6.07, 6.45) is 10.5. The Kier molecular flexibility index (Phi) is 4.93. The van der Waals surface area contributed by atoms with E-state index in [4.69, 9.17) is 0 Å². The van der Waals surface area contributed by atoms with E-state index in [0.29, 0.717) is 0 Å². The molecule has 0 unspecified atom stereocenters. The van der Waals surface area contributed by atoms with Gasteiger partial charge < -0.3 is 0 Å². The van der Waals surface area contributed by atoms with Gasteiger partial charge in [-0.2, -0.15) is 0 Å². The third-order valence-electron chi connectivity index (χ3n) is 5.96. The molecule has 18 heavy (non-hydrogen) atoms. The van der Waals surface area contributed by atoms with Crippen molar-refractivity contribution in [2.45, 2.75) is 57.0 Å². The molecular formula is C15H27KN2. The van der Waals surface area contributed by atoms with Gasteiger partial charge in [-0.3, -0.25) is 9.80 Å². The minimum absolute atomic E-state index is 0. The van der Waals surface area contributed by atoms with Crippen LogP contribution in [0.25, 0.3) is 0 Å². The van der Waals surface area contributed by atoms with Crippen LogP contribution in [0.15, 0.2) is 0 Å². The predicted molar refractivity (Wildman–Crippen MR) is 77.2 cm³/mol. The average Bonchev–Trinajstić information content (AvgIpc) is 2.39. The van der Waals surface area contributed by atoms with Gasteiger partial charge in [-0.05, 0) is 57.0 Å². The van der Waals surface area contributed by atoms with E-state index in [0.717, 1.165) is 23.9 Å². The number of nitrogens with zero attached hydrogens (tertiary/aromatic N) is 2. The molecule has 2 bridgehead atoms. The fraction of sp³-hybridized carbons (Fsp3) is 1.00.